The van der Waals surface area contributed by atoms with Crippen LogP contribution in [0.1, 0.15) is 77.2 Å². The summed E-state index contributed by atoms with van der Waals surface area (Å²) in [5, 5.41) is 2.05. The van der Waals surface area contributed by atoms with Crippen LogP contribution in [0.5, 0.6) is 11.5 Å². The van der Waals surface area contributed by atoms with Crippen LogP contribution in [-0.2, 0) is 26.5 Å². The molecule has 3 aromatic heterocycles. The topological polar surface area (TPSA) is 35.9 Å². The van der Waals surface area contributed by atoms with Crippen LogP contribution in [-0.4, -0.2) is 14.1 Å². The molecule has 0 spiro atoms. The van der Waals surface area contributed by atoms with Crippen molar-refractivity contribution in [1.82, 2.24) is 14.1 Å². The van der Waals surface area contributed by atoms with Gasteiger partial charge in [-0.2, -0.15) is 17.7 Å². The van der Waals surface area contributed by atoms with E-state index in [2.05, 4.69) is 68.1 Å². The number of imidazole rings is 1. The van der Waals surface area contributed by atoms with Gasteiger partial charge in [0.2, 0.25) is 0 Å². The largest absolute Gasteiger partial charge is 0.510 e. The number of hydrogen-bond donors (Lipinski definition) is 0. The van der Waals surface area contributed by atoms with Crippen molar-refractivity contribution in [3.8, 4) is 50.9 Å². The van der Waals surface area contributed by atoms with E-state index in [0.29, 0.717) is 28.2 Å². The predicted octanol–water partition coefficient (Wildman–Crippen LogP) is 13.9. The van der Waals surface area contributed by atoms with E-state index in [9.17, 15) is 0 Å². The van der Waals surface area contributed by atoms with Gasteiger partial charge in [-0.3, -0.25) is 4.57 Å². The molecule has 3 heterocycles. The van der Waals surface area contributed by atoms with Crippen LogP contribution in [0.4, 0.5) is 0 Å². The van der Waals surface area contributed by atoms with Crippen molar-refractivity contribution in [2.45, 2.75) is 57.8 Å². The van der Waals surface area contributed by atoms with E-state index in [4.69, 9.17) is 23.4 Å². The van der Waals surface area contributed by atoms with Crippen molar-refractivity contribution in [1.29, 1.82) is 0 Å². The first kappa shape index (κ1) is 30.5. The summed E-state index contributed by atoms with van der Waals surface area (Å²) in [6.45, 7) is 6.54. The van der Waals surface area contributed by atoms with Gasteiger partial charge < -0.3 is 13.9 Å². The molecule has 0 amide bonds. The van der Waals surface area contributed by atoms with E-state index in [1.165, 1.54) is 0 Å². The van der Waals surface area contributed by atoms with Gasteiger partial charge in [0.25, 0.3) is 6.33 Å². The summed E-state index contributed by atoms with van der Waals surface area (Å²) in [6.07, 6.45) is 9.51. The zero-order valence-corrected chi connectivity index (χ0v) is 37.1. The summed E-state index contributed by atoms with van der Waals surface area (Å²) in [5.41, 5.74) is 5.93. The monoisotopic (exact) mass is 1010 g/mol. The van der Waals surface area contributed by atoms with Crippen LogP contribution < -0.4 is 9.30 Å². The molecule has 6 heteroatoms. The van der Waals surface area contributed by atoms with Gasteiger partial charge in [-0.05, 0) is 81.3 Å². The SMILES string of the molecule is [2H]c1c([2H])c([2H])c(-c2cccc(-c3c([2H])c([2H])c([2H])c([2H])c3[2H])c2-[n+]2[c-]n(-c3[c-]c(Oc4[c-]c5c(cc4)c4ccccc4n5-c4cc(C(C)(C)C)ccn4)cc(C4CCCC4)c3)c3ccccc32)c([2H])c1[2H].[Pt]. The number of para-hydroxylation sites is 4. The Morgan fingerprint density at radius 1 is 0.698 bits per heavy atom. The summed E-state index contributed by atoms with van der Waals surface area (Å²) in [4.78, 5) is 4.85. The number of ether oxygens (including phenoxy) is 1. The van der Waals surface area contributed by atoms with Crippen LogP contribution in [0, 0.1) is 18.5 Å². The molecular formula is C57H46N4OPt-2. The summed E-state index contributed by atoms with van der Waals surface area (Å²) >= 11 is 0. The fraction of sp³-hybridized carbons (Fsp3) is 0.158. The average molecular weight is 1010 g/mol. The Morgan fingerprint density at radius 3 is 2.10 bits per heavy atom. The Labute approximate surface area is 397 Å². The second-order valence-corrected chi connectivity index (χ2v) is 16.8. The number of aromatic nitrogens is 4. The molecule has 0 bridgehead atoms. The molecule has 1 fully saturated rings. The molecule has 0 aliphatic heterocycles. The first-order chi connectivity index (χ1) is 34.5. The van der Waals surface area contributed by atoms with Crippen molar-refractivity contribution >= 4 is 32.8 Å². The van der Waals surface area contributed by atoms with Crippen molar-refractivity contribution in [3.63, 3.8) is 0 Å². The van der Waals surface area contributed by atoms with E-state index in [-0.39, 0.29) is 60.3 Å². The third-order valence-corrected chi connectivity index (χ3v) is 11.9. The first-order valence-corrected chi connectivity index (χ1v) is 20.9. The summed E-state index contributed by atoms with van der Waals surface area (Å²) in [6, 6.07) is 34.7. The van der Waals surface area contributed by atoms with Crippen LogP contribution in [0.25, 0.3) is 72.3 Å². The summed E-state index contributed by atoms with van der Waals surface area (Å²) < 4.78 is 100. The van der Waals surface area contributed by atoms with Crippen molar-refractivity contribution in [2.75, 3.05) is 0 Å². The number of nitrogens with zero attached hydrogens (tertiary/aromatic N) is 4. The number of pyridine rings is 1. The molecule has 0 N–H and O–H groups in total. The maximum absolute atomic E-state index is 9.09. The van der Waals surface area contributed by atoms with Gasteiger partial charge in [-0.15, -0.1) is 29.7 Å². The maximum Gasteiger partial charge on any atom is 0.268 e. The van der Waals surface area contributed by atoms with E-state index in [0.717, 1.165) is 64.4 Å². The van der Waals surface area contributed by atoms with E-state index in [1.807, 2.05) is 71.4 Å². The zero-order valence-electron chi connectivity index (χ0n) is 44.8. The average Bonchev–Trinajstić information content (AvgIpc) is 4.14. The fourth-order valence-electron chi connectivity index (χ4n) is 8.88. The number of rotatable bonds is 8. The normalized spacial score (nSPS) is 15.4. The van der Waals surface area contributed by atoms with Crippen LogP contribution in [0.15, 0.2) is 170 Å². The fourth-order valence-corrected chi connectivity index (χ4v) is 8.88. The molecule has 10 aromatic rings. The molecule has 312 valence electrons. The smallest absolute Gasteiger partial charge is 0.268 e. The van der Waals surface area contributed by atoms with Gasteiger partial charge in [0, 0.05) is 44.3 Å². The minimum absolute atomic E-state index is 0. The molecule has 0 saturated heterocycles. The van der Waals surface area contributed by atoms with Gasteiger partial charge in [-0.1, -0.05) is 160 Å². The van der Waals surface area contributed by atoms with Crippen molar-refractivity contribution < 1.29 is 44.1 Å². The minimum atomic E-state index is -0.564. The summed E-state index contributed by atoms with van der Waals surface area (Å²) in [7, 11) is 0. The Balaban J connectivity index is 0.00000611. The molecule has 0 unspecified atom stereocenters. The van der Waals surface area contributed by atoms with Gasteiger partial charge in [0.1, 0.15) is 5.82 Å². The quantitative estimate of drug-likeness (QED) is 0.112. The zero-order chi connectivity index (χ0) is 50.5. The molecule has 5 nitrogen and oxygen atoms in total. The third-order valence-electron chi connectivity index (χ3n) is 11.9. The Hall–Kier alpha value is -6.55. The molecule has 1 saturated carbocycles. The van der Waals surface area contributed by atoms with Gasteiger partial charge in [0.05, 0.1) is 30.4 Å². The first-order valence-electron chi connectivity index (χ1n) is 25.9. The molecule has 1 aliphatic rings. The van der Waals surface area contributed by atoms with Gasteiger partial charge in [-0.25, -0.2) is 4.98 Å². The molecule has 11 rings (SSSR count). The predicted molar refractivity (Wildman–Crippen MR) is 251 cm³/mol. The van der Waals surface area contributed by atoms with E-state index >= 15 is 0 Å². The molecule has 0 radical (unpaired) electrons. The second kappa shape index (κ2) is 16.6. The molecule has 1 aliphatic carbocycles. The third kappa shape index (κ3) is 7.49. The van der Waals surface area contributed by atoms with Gasteiger partial charge in [0.15, 0.2) is 0 Å². The maximum atomic E-state index is 9.09. The summed E-state index contributed by atoms with van der Waals surface area (Å²) in [5.74, 6) is 1.92. The standard InChI is InChI=1S/C57H46N4O.Pt/c1-57(2,3)43-31-32-58-55(35-43)61-51-26-13-12-23-49(51)50-30-29-45(37-54(50)61)62-46-34-42(39-17-10-11-18-39)33-44(36-46)59-38-60(53-28-15-14-27-52(53)59)56-47(40-19-6-4-7-20-40)24-16-25-48(56)41-21-8-5-9-22-41;/h4-9,12-16,19-35,39H,10-11,17-18H2,1-3H3;/q-2;/i4D,5D,6D,7D,8D,9D,19D,20D,21D,22D;. The molecule has 63 heavy (non-hydrogen) atoms. The Morgan fingerprint density at radius 2 is 1.38 bits per heavy atom. The van der Waals surface area contributed by atoms with Crippen LogP contribution in [0.2, 0.25) is 0 Å². The number of hydrogen-bond acceptors (Lipinski definition) is 2. The van der Waals surface area contributed by atoms with E-state index in [1.54, 1.807) is 22.8 Å². The minimum Gasteiger partial charge on any atom is -0.510 e. The van der Waals surface area contributed by atoms with Gasteiger partial charge >= 0.3 is 0 Å². The van der Waals surface area contributed by atoms with Crippen LogP contribution in [0.3, 0.4) is 0 Å². The van der Waals surface area contributed by atoms with Crippen LogP contribution >= 0.6 is 0 Å². The second-order valence-electron chi connectivity index (χ2n) is 16.8. The van der Waals surface area contributed by atoms with Crippen molar-refractivity contribution in [2.24, 2.45) is 0 Å². The number of fused-ring (bicyclic) bond motifs is 4. The van der Waals surface area contributed by atoms with Crippen molar-refractivity contribution in [3.05, 3.63) is 199 Å². The van der Waals surface area contributed by atoms with E-state index < -0.39 is 60.4 Å². The molecular weight excluding hydrogens is 952 g/mol. The molecule has 7 aromatic carbocycles. The Kier molecular flexibility index (Phi) is 8.04. The number of benzene rings is 7. The Bertz CT molecular complexity index is 3730. The molecule has 0 atom stereocenters.